The first-order valence-electron chi connectivity index (χ1n) is 5.75. The molecule has 0 saturated carbocycles. The van der Waals surface area contributed by atoms with Crippen LogP contribution >= 0.6 is 11.6 Å². The molecule has 0 spiro atoms. The van der Waals surface area contributed by atoms with Crippen molar-refractivity contribution in [3.63, 3.8) is 0 Å². The van der Waals surface area contributed by atoms with Crippen LogP contribution in [0.3, 0.4) is 0 Å². The topological polar surface area (TPSA) is 48.0 Å². The van der Waals surface area contributed by atoms with Crippen LogP contribution in [-0.2, 0) is 11.4 Å². The van der Waals surface area contributed by atoms with Crippen molar-refractivity contribution >= 4 is 23.0 Å². The highest BCUT2D eigenvalue weighted by Gasteiger charge is 2.28. The summed E-state index contributed by atoms with van der Waals surface area (Å²) in [7, 11) is 0. The molecule has 0 aliphatic rings. The number of nitrogens with one attached hydrogen (secondary N) is 1. The number of aromatic nitrogens is 1. The van der Waals surface area contributed by atoms with E-state index in [2.05, 4.69) is 9.71 Å². The first-order valence-corrected chi connectivity index (χ1v) is 7.44. The van der Waals surface area contributed by atoms with Gasteiger partial charge in [0.15, 0.2) is 0 Å². The van der Waals surface area contributed by atoms with Crippen molar-refractivity contribution in [2.45, 2.75) is 31.6 Å². The number of pyridine rings is 1. The third-order valence-electron chi connectivity index (χ3n) is 2.25. The Labute approximate surface area is 117 Å². The summed E-state index contributed by atoms with van der Waals surface area (Å²) in [6.45, 7) is 5.80. The quantitative estimate of drug-likeness (QED) is 0.514. The standard InChI is InChI=1S/C13H19ClN2OS/c1-13(2,3)18(17)16-12(7-4-8-14)11-6-5-9-15-10-11/h4-7,9-10,12,16H,8H2,1-3H3. The summed E-state index contributed by atoms with van der Waals surface area (Å²) in [5.74, 6) is 0.431. The van der Waals surface area contributed by atoms with E-state index in [0.717, 1.165) is 5.56 Å². The zero-order valence-corrected chi connectivity index (χ0v) is 12.5. The van der Waals surface area contributed by atoms with Crippen LogP contribution in [0.1, 0.15) is 32.4 Å². The van der Waals surface area contributed by atoms with E-state index < -0.39 is 11.4 Å². The van der Waals surface area contributed by atoms with Crippen LogP contribution < -0.4 is 4.72 Å². The van der Waals surface area contributed by atoms with Gasteiger partial charge in [0, 0.05) is 29.6 Å². The minimum atomic E-state index is -1.14. The monoisotopic (exact) mass is 286 g/mol. The molecule has 0 bridgehead atoms. The van der Waals surface area contributed by atoms with Gasteiger partial charge in [-0.25, -0.2) is 0 Å². The normalized spacial score (nSPS) is 15.8. The van der Waals surface area contributed by atoms with Crippen molar-refractivity contribution in [3.05, 3.63) is 42.2 Å². The van der Waals surface area contributed by atoms with Crippen molar-refractivity contribution < 1.29 is 4.55 Å². The van der Waals surface area contributed by atoms with Gasteiger partial charge in [-0.2, -0.15) is 0 Å². The molecule has 1 N–H and O–H groups in total. The predicted octanol–water partition coefficient (Wildman–Crippen LogP) is 2.97. The van der Waals surface area contributed by atoms with E-state index in [1.54, 1.807) is 12.4 Å². The first-order chi connectivity index (χ1) is 8.45. The van der Waals surface area contributed by atoms with E-state index in [1.807, 2.05) is 45.1 Å². The smallest absolute Gasteiger partial charge is 0.136 e. The van der Waals surface area contributed by atoms with E-state index in [0.29, 0.717) is 5.88 Å². The molecule has 0 aromatic carbocycles. The maximum Gasteiger partial charge on any atom is 0.136 e. The number of hydrogen-bond donors (Lipinski definition) is 1. The SMILES string of the molecule is CC(C)(C)[S+]([O-])NC(C=CCCl)c1cccnc1. The number of rotatable bonds is 5. The fraction of sp³-hybridized carbons (Fsp3) is 0.462. The van der Waals surface area contributed by atoms with Gasteiger partial charge in [-0.05, 0) is 32.4 Å². The molecule has 3 nitrogen and oxygen atoms in total. The van der Waals surface area contributed by atoms with Crippen molar-refractivity contribution in [3.8, 4) is 0 Å². The molecular weight excluding hydrogens is 268 g/mol. The Morgan fingerprint density at radius 2 is 2.28 bits per heavy atom. The summed E-state index contributed by atoms with van der Waals surface area (Å²) >= 11 is 4.51. The van der Waals surface area contributed by atoms with Gasteiger partial charge >= 0.3 is 0 Å². The lowest BCUT2D eigenvalue weighted by Gasteiger charge is -2.26. The summed E-state index contributed by atoms with van der Waals surface area (Å²) in [5, 5.41) is 0. The molecule has 2 atom stereocenters. The molecule has 0 saturated heterocycles. The van der Waals surface area contributed by atoms with Crippen LogP contribution in [0.5, 0.6) is 0 Å². The highest BCUT2D eigenvalue weighted by molar-refractivity contribution is 7.90. The third-order valence-corrected chi connectivity index (χ3v) is 4.01. The maximum atomic E-state index is 12.1. The molecule has 1 heterocycles. The van der Waals surface area contributed by atoms with E-state index in [-0.39, 0.29) is 10.8 Å². The highest BCUT2D eigenvalue weighted by Crippen LogP contribution is 2.20. The number of hydrogen-bond acceptors (Lipinski definition) is 3. The van der Waals surface area contributed by atoms with Gasteiger partial charge in [0.25, 0.3) is 0 Å². The Kier molecular flexibility index (Phi) is 6.15. The minimum Gasteiger partial charge on any atom is -0.598 e. The average Bonchev–Trinajstić information content (AvgIpc) is 2.34. The zero-order valence-electron chi connectivity index (χ0n) is 10.9. The van der Waals surface area contributed by atoms with Gasteiger partial charge in [0.05, 0.1) is 6.04 Å². The molecule has 1 aromatic heterocycles. The zero-order chi connectivity index (χ0) is 13.6. The van der Waals surface area contributed by atoms with E-state index in [4.69, 9.17) is 11.6 Å². The Morgan fingerprint density at radius 3 is 2.78 bits per heavy atom. The minimum absolute atomic E-state index is 0.141. The van der Waals surface area contributed by atoms with Crippen molar-refractivity contribution in [2.24, 2.45) is 0 Å². The third kappa shape index (κ3) is 4.98. The number of nitrogens with zero attached hydrogens (tertiary/aromatic N) is 1. The van der Waals surface area contributed by atoms with Crippen LogP contribution in [0.4, 0.5) is 0 Å². The van der Waals surface area contributed by atoms with Crippen molar-refractivity contribution in [1.29, 1.82) is 0 Å². The number of halogens is 1. The van der Waals surface area contributed by atoms with Crippen LogP contribution in [-0.4, -0.2) is 20.2 Å². The van der Waals surface area contributed by atoms with Crippen LogP contribution in [0.2, 0.25) is 0 Å². The van der Waals surface area contributed by atoms with Crippen molar-refractivity contribution in [2.75, 3.05) is 5.88 Å². The molecule has 0 aliphatic carbocycles. The van der Waals surface area contributed by atoms with Gasteiger partial charge in [-0.15, -0.1) is 16.3 Å². The number of allylic oxidation sites excluding steroid dienone is 1. The largest absolute Gasteiger partial charge is 0.598 e. The van der Waals surface area contributed by atoms with Gasteiger partial charge in [-0.1, -0.05) is 18.2 Å². The maximum absolute atomic E-state index is 12.1. The summed E-state index contributed by atoms with van der Waals surface area (Å²) in [5.41, 5.74) is 0.969. The van der Waals surface area contributed by atoms with Gasteiger partial charge in [0.1, 0.15) is 4.75 Å². The molecule has 0 fully saturated rings. The Hall–Kier alpha value is -0.550. The molecule has 0 amide bonds. The molecule has 100 valence electrons. The first kappa shape index (κ1) is 15.5. The summed E-state index contributed by atoms with van der Waals surface area (Å²) in [6, 6.07) is 3.67. The number of alkyl halides is 1. The lowest BCUT2D eigenvalue weighted by Crippen LogP contribution is -2.40. The molecule has 2 unspecified atom stereocenters. The molecule has 1 aromatic rings. The van der Waals surface area contributed by atoms with Crippen LogP contribution in [0, 0.1) is 0 Å². The van der Waals surface area contributed by atoms with E-state index >= 15 is 0 Å². The summed E-state index contributed by atoms with van der Waals surface area (Å²) < 4.78 is 14.9. The second-order valence-electron chi connectivity index (χ2n) is 4.85. The molecule has 5 heteroatoms. The molecule has 0 radical (unpaired) electrons. The second-order valence-corrected chi connectivity index (χ2v) is 7.15. The van der Waals surface area contributed by atoms with Crippen molar-refractivity contribution in [1.82, 2.24) is 9.71 Å². The lowest BCUT2D eigenvalue weighted by molar-refractivity contribution is 0.537. The highest BCUT2D eigenvalue weighted by atomic mass is 35.5. The van der Waals surface area contributed by atoms with Gasteiger partial charge < -0.3 is 4.55 Å². The van der Waals surface area contributed by atoms with E-state index in [9.17, 15) is 4.55 Å². The fourth-order valence-electron chi connectivity index (χ4n) is 1.26. The second kappa shape index (κ2) is 7.14. The summed E-state index contributed by atoms with van der Waals surface area (Å²) in [4.78, 5) is 4.08. The Balaban J connectivity index is 2.83. The van der Waals surface area contributed by atoms with Crippen LogP contribution in [0.15, 0.2) is 36.7 Å². The summed E-state index contributed by atoms with van der Waals surface area (Å²) in [6.07, 6.45) is 7.22. The van der Waals surface area contributed by atoms with E-state index in [1.165, 1.54) is 0 Å². The molecular formula is C13H19ClN2OS. The predicted molar refractivity (Wildman–Crippen MR) is 77.9 cm³/mol. The van der Waals surface area contributed by atoms with Gasteiger partial charge in [-0.3, -0.25) is 4.98 Å². The lowest BCUT2D eigenvalue weighted by atomic mass is 10.1. The molecule has 0 aliphatic heterocycles. The fourth-order valence-corrected chi connectivity index (χ4v) is 2.16. The van der Waals surface area contributed by atoms with Gasteiger partial charge in [0.2, 0.25) is 0 Å². The van der Waals surface area contributed by atoms with Crippen LogP contribution in [0.25, 0.3) is 0 Å². The molecule has 18 heavy (non-hydrogen) atoms. The Bertz CT molecular complexity index is 378. The Morgan fingerprint density at radius 1 is 1.56 bits per heavy atom. The molecule has 1 rings (SSSR count). The average molecular weight is 287 g/mol.